The van der Waals surface area contributed by atoms with Crippen molar-refractivity contribution in [3.8, 4) is 0 Å². The monoisotopic (exact) mass is 267 g/mol. The van der Waals surface area contributed by atoms with Gasteiger partial charge >= 0.3 is 5.97 Å². The Kier molecular flexibility index (Phi) is 5.26. The summed E-state index contributed by atoms with van der Waals surface area (Å²) >= 11 is 0. The molecule has 1 N–H and O–H groups in total. The largest absolute Gasteiger partial charge is 0.465 e. The fourth-order valence-electron chi connectivity index (χ4n) is 3.27. The highest BCUT2D eigenvalue weighted by atomic mass is 16.5. The molecule has 0 amide bonds. The topological polar surface area (TPSA) is 38.3 Å². The normalized spacial score (nSPS) is 24.5. The standard InChI is InChI=1S/C16H29NO2/c1-3-19-15(18)16(2,12-13-10-11-13)17-14-8-6-4-5-7-9-14/h13-14,17H,3-12H2,1-2H3. The van der Waals surface area contributed by atoms with Crippen molar-refractivity contribution in [3.05, 3.63) is 0 Å². The summed E-state index contributed by atoms with van der Waals surface area (Å²) in [6, 6.07) is 0.496. The number of hydrogen-bond acceptors (Lipinski definition) is 3. The molecule has 0 aliphatic heterocycles. The molecule has 2 saturated carbocycles. The van der Waals surface area contributed by atoms with Crippen LogP contribution in [0, 0.1) is 5.92 Å². The second-order valence-electron chi connectivity index (χ2n) is 6.53. The molecule has 2 aliphatic carbocycles. The lowest BCUT2D eigenvalue weighted by molar-refractivity contribution is -0.151. The van der Waals surface area contributed by atoms with Crippen LogP contribution in [0.4, 0.5) is 0 Å². The molecule has 0 aromatic rings. The van der Waals surface area contributed by atoms with E-state index in [1.807, 2.05) is 13.8 Å². The number of carbonyl (C=O) groups is 1. The van der Waals surface area contributed by atoms with Gasteiger partial charge in [-0.05, 0) is 39.0 Å². The van der Waals surface area contributed by atoms with Crippen molar-refractivity contribution >= 4 is 5.97 Å². The van der Waals surface area contributed by atoms with E-state index in [9.17, 15) is 4.79 Å². The molecule has 2 aliphatic rings. The van der Waals surface area contributed by atoms with Crippen LogP contribution in [0.2, 0.25) is 0 Å². The Bertz CT molecular complexity index is 293. The minimum Gasteiger partial charge on any atom is -0.465 e. The highest BCUT2D eigenvalue weighted by molar-refractivity contribution is 5.80. The van der Waals surface area contributed by atoms with Gasteiger partial charge in [0.25, 0.3) is 0 Å². The predicted molar refractivity (Wildman–Crippen MR) is 77.0 cm³/mol. The van der Waals surface area contributed by atoms with Crippen molar-refractivity contribution in [1.82, 2.24) is 5.32 Å². The first-order valence-corrected chi connectivity index (χ1v) is 8.09. The molecule has 110 valence electrons. The van der Waals surface area contributed by atoms with Crippen molar-refractivity contribution in [2.45, 2.75) is 83.2 Å². The molecule has 1 unspecified atom stereocenters. The van der Waals surface area contributed by atoms with Gasteiger partial charge in [0.05, 0.1) is 6.61 Å². The quantitative estimate of drug-likeness (QED) is 0.592. The van der Waals surface area contributed by atoms with Crippen LogP contribution >= 0.6 is 0 Å². The van der Waals surface area contributed by atoms with E-state index in [2.05, 4.69) is 5.32 Å². The molecule has 0 heterocycles. The summed E-state index contributed by atoms with van der Waals surface area (Å²) in [4.78, 5) is 12.3. The smallest absolute Gasteiger partial charge is 0.326 e. The lowest BCUT2D eigenvalue weighted by Crippen LogP contribution is -2.54. The van der Waals surface area contributed by atoms with Crippen molar-refractivity contribution in [2.75, 3.05) is 6.61 Å². The second kappa shape index (κ2) is 6.74. The number of nitrogens with one attached hydrogen (secondary N) is 1. The van der Waals surface area contributed by atoms with E-state index in [-0.39, 0.29) is 5.97 Å². The third-order valence-corrected chi connectivity index (χ3v) is 4.50. The van der Waals surface area contributed by atoms with Crippen LogP contribution in [0.3, 0.4) is 0 Å². The summed E-state index contributed by atoms with van der Waals surface area (Å²) in [6.45, 7) is 4.42. The van der Waals surface area contributed by atoms with Gasteiger partial charge in [-0.15, -0.1) is 0 Å². The summed E-state index contributed by atoms with van der Waals surface area (Å²) in [6.07, 6.45) is 11.2. The third kappa shape index (κ3) is 4.48. The van der Waals surface area contributed by atoms with Gasteiger partial charge in [-0.1, -0.05) is 38.5 Å². The Morgan fingerprint density at radius 1 is 1.16 bits per heavy atom. The van der Waals surface area contributed by atoms with Crippen LogP contribution in [-0.2, 0) is 9.53 Å². The molecule has 0 bridgehead atoms. The second-order valence-corrected chi connectivity index (χ2v) is 6.53. The van der Waals surface area contributed by atoms with Crippen molar-refractivity contribution in [1.29, 1.82) is 0 Å². The van der Waals surface area contributed by atoms with Crippen LogP contribution in [0.25, 0.3) is 0 Å². The summed E-state index contributed by atoms with van der Waals surface area (Å²) in [7, 11) is 0. The first-order chi connectivity index (χ1) is 9.14. The van der Waals surface area contributed by atoms with E-state index in [0.29, 0.717) is 12.6 Å². The molecule has 2 rings (SSSR count). The van der Waals surface area contributed by atoms with Gasteiger partial charge in [0, 0.05) is 6.04 Å². The Labute approximate surface area is 117 Å². The Morgan fingerprint density at radius 2 is 1.79 bits per heavy atom. The lowest BCUT2D eigenvalue weighted by Gasteiger charge is -2.33. The molecule has 19 heavy (non-hydrogen) atoms. The van der Waals surface area contributed by atoms with E-state index in [0.717, 1.165) is 12.3 Å². The maximum Gasteiger partial charge on any atom is 0.326 e. The molecule has 0 radical (unpaired) electrons. The molecular formula is C16H29NO2. The maximum absolute atomic E-state index is 12.3. The van der Waals surface area contributed by atoms with Crippen molar-refractivity contribution in [2.24, 2.45) is 5.92 Å². The number of carbonyl (C=O) groups excluding carboxylic acids is 1. The summed E-state index contributed by atoms with van der Waals surface area (Å²) in [5.74, 6) is 0.679. The summed E-state index contributed by atoms with van der Waals surface area (Å²) < 4.78 is 5.31. The SMILES string of the molecule is CCOC(=O)C(C)(CC1CC1)NC1CCCCCC1. The van der Waals surface area contributed by atoms with E-state index in [1.54, 1.807) is 0 Å². The van der Waals surface area contributed by atoms with E-state index >= 15 is 0 Å². The zero-order chi connectivity index (χ0) is 13.7. The number of ether oxygens (including phenoxy) is 1. The van der Waals surface area contributed by atoms with Crippen LogP contribution < -0.4 is 5.32 Å². The Hall–Kier alpha value is -0.570. The molecule has 0 saturated heterocycles. The zero-order valence-electron chi connectivity index (χ0n) is 12.5. The van der Waals surface area contributed by atoms with Gasteiger partial charge in [0.15, 0.2) is 0 Å². The summed E-state index contributed by atoms with van der Waals surface area (Å²) in [5, 5.41) is 3.65. The molecular weight excluding hydrogens is 238 g/mol. The fourth-order valence-corrected chi connectivity index (χ4v) is 3.27. The first-order valence-electron chi connectivity index (χ1n) is 8.09. The van der Waals surface area contributed by atoms with Gasteiger partial charge in [-0.3, -0.25) is 10.1 Å². The lowest BCUT2D eigenvalue weighted by atomic mass is 9.92. The Balaban J connectivity index is 1.96. The van der Waals surface area contributed by atoms with Crippen LogP contribution in [0.1, 0.15) is 71.6 Å². The number of hydrogen-bond donors (Lipinski definition) is 1. The molecule has 0 spiro atoms. The highest BCUT2D eigenvalue weighted by Gasteiger charge is 2.41. The minimum atomic E-state index is -0.466. The average molecular weight is 267 g/mol. The van der Waals surface area contributed by atoms with Crippen LogP contribution in [0.5, 0.6) is 0 Å². The fraction of sp³-hybridized carbons (Fsp3) is 0.938. The average Bonchev–Trinajstić information content (AvgIpc) is 3.17. The third-order valence-electron chi connectivity index (χ3n) is 4.50. The predicted octanol–water partition coefficient (Wildman–Crippen LogP) is 3.42. The molecule has 3 nitrogen and oxygen atoms in total. The maximum atomic E-state index is 12.3. The Morgan fingerprint density at radius 3 is 2.32 bits per heavy atom. The molecule has 3 heteroatoms. The molecule has 0 aromatic carbocycles. The van der Waals surface area contributed by atoms with Gasteiger partial charge in [0.1, 0.15) is 5.54 Å². The molecule has 2 fully saturated rings. The summed E-state index contributed by atoms with van der Waals surface area (Å²) in [5.41, 5.74) is -0.466. The van der Waals surface area contributed by atoms with Crippen molar-refractivity contribution < 1.29 is 9.53 Å². The first kappa shape index (κ1) is 14.8. The van der Waals surface area contributed by atoms with Gasteiger partial charge < -0.3 is 4.74 Å². The van der Waals surface area contributed by atoms with E-state index in [1.165, 1.54) is 51.4 Å². The minimum absolute atomic E-state index is 0.0499. The van der Waals surface area contributed by atoms with Gasteiger partial charge in [-0.25, -0.2) is 0 Å². The molecule has 1 atom stereocenters. The van der Waals surface area contributed by atoms with E-state index in [4.69, 9.17) is 4.74 Å². The zero-order valence-corrected chi connectivity index (χ0v) is 12.5. The van der Waals surface area contributed by atoms with Gasteiger partial charge in [-0.2, -0.15) is 0 Å². The number of esters is 1. The van der Waals surface area contributed by atoms with Gasteiger partial charge in [0.2, 0.25) is 0 Å². The highest BCUT2D eigenvalue weighted by Crippen LogP contribution is 2.37. The van der Waals surface area contributed by atoms with E-state index < -0.39 is 5.54 Å². The van der Waals surface area contributed by atoms with Crippen molar-refractivity contribution in [3.63, 3.8) is 0 Å². The van der Waals surface area contributed by atoms with Crippen LogP contribution in [0.15, 0.2) is 0 Å². The number of rotatable bonds is 6. The molecule has 0 aromatic heterocycles. The van der Waals surface area contributed by atoms with Crippen LogP contribution in [-0.4, -0.2) is 24.2 Å².